The summed E-state index contributed by atoms with van der Waals surface area (Å²) >= 11 is 6.01. The summed E-state index contributed by atoms with van der Waals surface area (Å²) in [5.41, 5.74) is 1.54. The van der Waals surface area contributed by atoms with E-state index in [2.05, 4.69) is 10.1 Å². The Morgan fingerprint density at radius 2 is 1.86 bits per heavy atom. The third-order valence-electron chi connectivity index (χ3n) is 2.84. The third-order valence-corrected chi connectivity index (χ3v) is 3.15. The maximum Gasteiger partial charge on any atom is 0.412 e. The number of esters is 1. The lowest BCUT2D eigenvalue weighted by Gasteiger charge is -2.09. The first-order valence-corrected chi connectivity index (χ1v) is 6.83. The molecule has 1 amide bonds. The zero-order chi connectivity index (χ0) is 15.9. The molecule has 1 N–H and O–H groups in total. The number of amides is 1. The fourth-order valence-corrected chi connectivity index (χ4v) is 1.96. The topological polar surface area (TPSA) is 64.6 Å². The lowest BCUT2D eigenvalue weighted by Crippen LogP contribution is -2.14. The molecule has 0 atom stereocenters. The van der Waals surface area contributed by atoms with Gasteiger partial charge in [-0.05, 0) is 23.8 Å². The van der Waals surface area contributed by atoms with Crippen molar-refractivity contribution >= 4 is 29.4 Å². The first-order chi connectivity index (χ1) is 10.6. The molecule has 0 unspecified atom stereocenters. The first kappa shape index (κ1) is 15.9. The number of hydrogen-bond donors (Lipinski definition) is 1. The largest absolute Gasteiger partial charge is 0.465 e. The van der Waals surface area contributed by atoms with Crippen molar-refractivity contribution in [3.63, 3.8) is 0 Å². The van der Waals surface area contributed by atoms with Crippen LogP contribution in [0.15, 0.2) is 48.5 Å². The molecule has 0 fully saturated rings. The van der Waals surface area contributed by atoms with Crippen molar-refractivity contribution in [2.24, 2.45) is 0 Å². The van der Waals surface area contributed by atoms with E-state index in [-0.39, 0.29) is 11.6 Å². The highest BCUT2D eigenvalue weighted by molar-refractivity contribution is 6.34. The first-order valence-electron chi connectivity index (χ1n) is 6.45. The van der Waals surface area contributed by atoms with Gasteiger partial charge in [0.1, 0.15) is 6.61 Å². The Morgan fingerprint density at radius 1 is 1.14 bits per heavy atom. The molecule has 0 aliphatic heterocycles. The van der Waals surface area contributed by atoms with Crippen LogP contribution >= 0.6 is 11.6 Å². The molecule has 0 radical (unpaired) electrons. The van der Waals surface area contributed by atoms with Crippen molar-refractivity contribution < 1.29 is 19.1 Å². The second kappa shape index (κ2) is 7.47. The molecular weight excluding hydrogens is 306 g/mol. The van der Waals surface area contributed by atoms with Crippen molar-refractivity contribution in [3.8, 4) is 0 Å². The quantitative estimate of drug-likeness (QED) is 0.869. The molecule has 114 valence electrons. The van der Waals surface area contributed by atoms with Gasteiger partial charge in [0.15, 0.2) is 0 Å². The number of hydrogen-bond acceptors (Lipinski definition) is 4. The predicted molar refractivity (Wildman–Crippen MR) is 83.0 cm³/mol. The van der Waals surface area contributed by atoms with E-state index in [0.29, 0.717) is 11.3 Å². The SMILES string of the molecule is COC(=O)c1ccc(NC(=O)OCc2ccccc2)c(Cl)c1. The average molecular weight is 320 g/mol. The Labute approximate surface area is 132 Å². The van der Waals surface area contributed by atoms with Crippen LogP contribution in [-0.2, 0) is 16.1 Å². The Kier molecular flexibility index (Phi) is 5.38. The highest BCUT2D eigenvalue weighted by Crippen LogP contribution is 2.23. The monoisotopic (exact) mass is 319 g/mol. The van der Waals surface area contributed by atoms with Crippen molar-refractivity contribution in [1.82, 2.24) is 0 Å². The van der Waals surface area contributed by atoms with Crippen LogP contribution in [0.4, 0.5) is 10.5 Å². The minimum absolute atomic E-state index is 0.157. The lowest BCUT2D eigenvalue weighted by molar-refractivity contribution is 0.0600. The van der Waals surface area contributed by atoms with E-state index in [1.165, 1.54) is 25.3 Å². The van der Waals surface area contributed by atoms with E-state index in [9.17, 15) is 9.59 Å². The summed E-state index contributed by atoms with van der Waals surface area (Å²) in [4.78, 5) is 23.1. The maximum atomic E-state index is 11.7. The Morgan fingerprint density at radius 3 is 2.50 bits per heavy atom. The van der Waals surface area contributed by atoms with E-state index in [1.54, 1.807) is 0 Å². The second-order valence-electron chi connectivity index (χ2n) is 4.37. The second-order valence-corrected chi connectivity index (χ2v) is 4.78. The molecule has 0 saturated heterocycles. The summed E-state index contributed by atoms with van der Waals surface area (Å²) in [7, 11) is 1.28. The molecule has 0 heterocycles. The Bertz CT molecular complexity index is 673. The predicted octanol–water partition coefficient (Wildman–Crippen LogP) is 3.88. The van der Waals surface area contributed by atoms with Gasteiger partial charge in [0, 0.05) is 0 Å². The van der Waals surface area contributed by atoms with E-state index in [0.717, 1.165) is 5.56 Å². The fraction of sp³-hybridized carbons (Fsp3) is 0.125. The van der Waals surface area contributed by atoms with Crippen LogP contribution in [0, 0.1) is 0 Å². The van der Waals surface area contributed by atoms with E-state index in [4.69, 9.17) is 16.3 Å². The van der Waals surface area contributed by atoms with Crippen molar-refractivity contribution in [3.05, 3.63) is 64.7 Å². The van der Waals surface area contributed by atoms with Crippen LogP contribution < -0.4 is 5.32 Å². The third kappa shape index (κ3) is 4.23. The summed E-state index contributed by atoms with van der Waals surface area (Å²) < 4.78 is 9.68. The highest BCUT2D eigenvalue weighted by atomic mass is 35.5. The van der Waals surface area contributed by atoms with Crippen LogP contribution in [0.2, 0.25) is 5.02 Å². The standard InChI is InChI=1S/C16H14ClNO4/c1-21-15(19)12-7-8-14(13(17)9-12)18-16(20)22-10-11-5-3-2-4-6-11/h2-9H,10H2,1H3,(H,18,20). The van der Waals surface area contributed by atoms with Gasteiger partial charge < -0.3 is 9.47 Å². The number of benzene rings is 2. The molecule has 6 heteroatoms. The molecule has 0 aliphatic carbocycles. The Balaban J connectivity index is 1.95. The number of halogens is 1. The average Bonchev–Trinajstić information content (AvgIpc) is 2.55. The number of carbonyl (C=O) groups is 2. The highest BCUT2D eigenvalue weighted by Gasteiger charge is 2.11. The molecular formula is C16H14ClNO4. The lowest BCUT2D eigenvalue weighted by atomic mass is 10.2. The Hall–Kier alpha value is -2.53. The molecule has 0 saturated carbocycles. The van der Waals surface area contributed by atoms with Gasteiger partial charge in [-0.1, -0.05) is 41.9 Å². The van der Waals surface area contributed by atoms with Gasteiger partial charge in [0.25, 0.3) is 0 Å². The number of rotatable bonds is 4. The summed E-state index contributed by atoms with van der Waals surface area (Å²) in [6.45, 7) is 0.157. The van der Waals surface area contributed by atoms with Crippen LogP contribution in [0.25, 0.3) is 0 Å². The van der Waals surface area contributed by atoms with Gasteiger partial charge in [0.05, 0.1) is 23.4 Å². The van der Waals surface area contributed by atoms with E-state index < -0.39 is 12.1 Å². The van der Waals surface area contributed by atoms with Crippen LogP contribution in [0.1, 0.15) is 15.9 Å². The van der Waals surface area contributed by atoms with Gasteiger partial charge >= 0.3 is 12.1 Å². The molecule has 0 aromatic heterocycles. The zero-order valence-corrected chi connectivity index (χ0v) is 12.6. The normalized spacial score (nSPS) is 9.91. The zero-order valence-electron chi connectivity index (χ0n) is 11.8. The minimum Gasteiger partial charge on any atom is -0.465 e. The van der Waals surface area contributed by atoms with Crippen LogP contribution in [0.5, 0.6) is 0 Å². The number of methoxy groups -OCH3 is 1. The molecule has 5 nitrogen and oxygen atoms in total. The molecule has 0 aliphatic rings. The summed E-state index contributed by atoms with van der Waals surface area (Å²) in [6, 6.07) is 13.7. The van der Waals surface area contributed by atoms with Gasteiger partial charge in [-0.15, -0.1) is 0 Å². The fourth-order valence-electron chi connectivity index (χ4n) is 1.73. The van der Waals surface area contributed by atoms with E-state index >= 15 is 0 Å². The number of carbonyl (C=O) groups excluding carboxylic acids is 2. The smallest absolute Gasteiger partial charge is 0.412 e. The van der Waals surface area contributed by atoms with Crippen molar-refractivity contribution in [2.45, 2.75) is 6.61 Å². The molecule has 2 aromatic rings. The summed E-state index contributed by atoms with van der Waals surface area (Å²) in [5.74, 6) is -0.500. The van der Waals surface area contributed by atoms with Crippen LogP contribution in [0.3, 0.4) is 0 Å². The van der Waals surface area contributed by atoms with Gasteiger partial charge in [0.2, 0.25) is 0 Å². The van der Waals surface area contributed by atoms with Gasteiger partial charge in [-0.3, -0.25) is 5.32 Å². The summed E-state index contributed by atoms with van der Waals surface area (Å²) in [5, 5.41) is 2.74. The van der Waals surface area contributed by atoms with Crippen LogP contribution in [-0.4, -0.2) is 19.2 Å². The maximum absolute atomic E-state index is 11.7. The molecule has 0 bridgehead atoms. The minimum atomic E-state index is -0.628. The summed E-state index contributed by atoms with van der Waals surface area (Å²) in [6.07, 6.45) is -0.628. The van der Waals surface area contributed by atoms with E-state index in [1.807, 2.05) is 30.3 Å². The number of nitrogens with one attached hydrogen (secondary N) is 1. The van der Waals surface area contributed by atoms with Crippen molar-refractivity contribution in [1.29, 1.82) is 0 Å². The number of ether oxygens (including phenoxy) is 2. The molecule has 0 spiro atoms. The molecule has 22 heavy (non-hydrogen) atoms. The van der Waals surface area contributed by atoms with Crippen molar-refractivity contribution in [2.75, 3.05) is 12.4 Å². The number of anilines is 1. The van der Waals surface area contributed by atoms with Gasteiger partial charge in [-0.25, -0.2) is 9.59 Å². The van der Waals surface area contributed by atoms with Gasteiger partial charge in [-0.2, -0.15) is 0 Å². The molecule has 2 aromatic carbocycles. The molecule has 2 rings (SSSR count).